The second-order valence-electron chi connectivity index (χ2n) is 6.29. The van der Waals surface area contributed by atoms with Crippen LogP contribution in [0.15, 0.2) is 48.5 Å². The maximum atomic E-state index is 3.52. The van der Waals surface area contributed by atoms with Gasteiger partial charge in [-0.2, -0.15) is 0 Å². The van der Waals surface area contributed by atoms with Crippen LogP contribution in [0.25, 0.3) is 0 Å². The summed E-state index contributed by atoms with van der Waals surface area (Å²) in [4.78, 5) is 0. The van der Waals surface area contributed by atoms with Gasteiger partial charge in [0.1, 0.15) is 0 Å². The van der Waals surface area contributed by atoms with E-state index in [1.807, 2.05) is 0 Å². The van der Waals surface area contributed by atoms with Crippen molar-refractivity contribution < 1.29 is 0 Å². The molecule has 1 aliphatic rings. The molecule has 2 unspecified atom stereocenters. The minimum atomic E-state index is 0.614. The molecule has 0 bridgehead atoms. The lowest BCUT2D eigenvalue weighted by Gasteiger charge is -2.33. The van der Waals surface area contributed by atoms with Gasteiger partial charge in [-0.3, -0.25) is 0 Å². The molecule has 3 rings (SSSR count). The second-order valence-corrected chi connectivity index (χ2v) is 6.29. The Morgan fingerprint density at radius 3 is 2.62 bits per heavy atom. The molecule has 1 N–H and O–H groups in total. The monoisotopic (exact) mass is 279 g/mol. The summed E-state index contributed by atoms with van der Waals surface area (Å²) in [6, 6.07) is 18.3. The Morgan fingerprint density at radius 1 is 1.10 bits per heavy atom. The Morgan fingerprint density at radius 2 is 1.86 bits per heavy atom. The first-order chi connectivity index (χ1) is 10.3. The molecule has 0 saturated heterocycles. The average molecular weight is 279 g/mol. The topological polar surface area (TPSA) is 12.0 Å². The van der Waals surface area contributed by atoms with E-state index in [-0.39, 0.29) is 0 Å². The third-order valence-electron chi connectivity index (χ3n) is 4.96. The molecular weight excluding hydrogens is 254 g/mol. The maximum Gasteiger partial charge on any atom is 0.00731 e. The van der Waals surface area contributed by atoms with Crippen molar-refractivity contribution in [3.63, 3.8) is 0 Å². The summed E-state index contributed by atoms with van der Waals surface area (Å²) >= 11 is 0. The molecule has 0 heterocycles. The Kier molecular flexibility index (Phi) is 4.40. The highest BCUT2D eigenvalue weighted by molar-refractivity contribution is 5.40. The molecule has 1 aliphatic carbocycles. The molecule has 0 radical (unpaired) electrons. The van der Waals surface area contributed by atoms with Crippen LogP contribution in [-0.2, 0) is 12.8 Å². The second kappa shape index (κ2) is 6.44. The van der Waals surface area contributed by atoms with Gasteiger partial charge in [0.05, 0.1) is 0 Å². The van der Waals surface area contributed by atoms with Gasteiger partial charge in [0.25, 0.3) is 0 Å². The summed E-state index contributed by atoms with van der Waals surface area (Å²) in [5, 5.41) is 3.52. The smallest absolute Gasteiger partial charge is 0.00731 e. The van der Waals surface area contributed by atoms with Crippen molar-refractivity contribution in [3.05, 3.63) is 70.8 Å². The number of benzene rings is 2. The number of hydrogen-bond acceptors (Lipinski definition) is 1. The van der Waals surface area contributed by atoms with Gasteiger partial charge in [-0.15, -0.1) is 0 Å². The van der Waals surface area contributed by atoms with Crippen molar-refractivity contribution in [2.75, 3.05) is 7.05 Å². The van der Waals surface area contributed by atoms with E-state index in [0.29, 0.717) is 6.04 Å². The molecule has 110 valence electrons. The van der Waals surface area contributed by atoms with Crippen LogP contribution >= 0.6 is 0 Å². The van der Waals surface area contributed by atoms with E-state index in [0.717, 1.165) is 5.92 Å². The third-order valence-corrected chi connectivity index (χ3v) is 4.96. The molecule has 21 heavy (non-hydrogen) atoms. The van der Waals surface area contributed by atoms with Crippen LogP contribution < -0.4 is 5.32 Å². The average Bonchev–Trinajstić information content (AvgIpc) is 2.49. The molecular formula is C20H25N. The van der Waals surface area contributed by atoms with E-state index < -0.39 is 0 Å². The molecule has 2 atom stereocenters. The fourth-order valence-corrected chi connectivity index (χ4v) is 3.52. The summed E-state index contributed by atoms with van der Waals surface area (Å²) in [6.07, 6.45) is 4.92. The van der Waals surface area contributed by atoms with Crippen LogP contribution in [0.1, 0.15) is 41.0 Å². The van der Waals surface area contributed by atoms with Gasteiger partial charge in [0.15, 0.2) is 0 Å². The normalized spacial score (nSPS) is 17.9. The summed E-state index contributed by atoms with van der Waals surface area (Å²) in [5.41, 5.74) is 6.04. The zero-order valence-electron chi connectivity index (χ0n) is 13.1. The highest BCUT2D eigenvalue weighted by Crippen LogP contribution is 2.38. The van der Waals surface area contributed by atoms with Gasteiger partial charge in [-0.25, -0.2) is 0 Å². The minimum Gasteiger partial charge on any atom is -0.317 e. The number of fused-ring (bicyclic) bond motifs is 1. The largest absolute Gasteiger partial charge is 0.317 e. The van der Waals surface area contributed by atoms with Gasteiger partial charge >= 0.3 is 0 Å². The highest BCUT2D eigenvalue weighted by atomic mass is 14.9. The molecule has 0 aromatic heterocycles. The van der Waals surface area contributed by atoms with E-state index in [9.17, 15) is 0 Å². The maximum absolute atomic E-state index is 3.52. The molecule has 2 aromatic carbocycles. The van der Waals surface area contributed by atoms with E-state index in [4.69, 9.17) is 0 Å². The Labute approximate surface area is 128 Å². The fourth-order valence-electron chi connectivity index (χ4n) is 3.52. The molecule has 0 amide bonds. The van der Waals surface area contributed by atoms with Crippen molar-refractivity contribution in [1.82, 2.24) is 5.32 Å². The summed E-state index contributed by atoms with van der Waals surface area (Å²) in [5.74, 6) is 0.760. The van der Waals surface area contributed by atoms with Gasteiger partial charge in [0.2, 0.25) is 0 Å². The summed E-state index contributed by atoms with van der Waals surface area (Å²) in [7, 11) is 2.10. The third kappa shape index (κ3) is 3.19. The number of hydrogen-bond donors (Lipinski definition) is 1. The first-order valence-electron chi connectivity index (χ1n) is 8.07. The first-order valence-corrected chi connectivity index (χ1v) is 8.07. The predicted octanol–water partition coefficient (Wildman–Crippen LogP) is 4.25. The van der Waals surface area contributed by atoms with Gasteiger partial charge in [0, 0.05) is 6.04 Å². The van der Waals surface area contributed by atoms with E-state index in [1.165, 1.54) is 36.8 Å². The van der Waals surface area contributed by atoms with E-state index in [2.05, 4.69) is 67.8 Å². The zero-order chi connectivity index (χ0) is 14.7. The van der Waals surface area contributed by atoms with Gasteiger partial charge in [-0.05, 0) is 67.8 Å². The van der Waals surface area contributed by atoms with Crippen molar-refractivity contribution in [2.45, 2.75) is 44.6 Å². The first kappa shape index (κ1) is 14.3. The number of aryl methyl sites for hydroxylation is 2. The van der Waals surface area contributed by atoms with E-state index >= 15 is 0 Å². The summed E-state index contributed by atoms with van der Waals surface area (Å²) < 4.78 is 0. The van der Waals surface area contributed by atoms with Crippen molar-refractivity contribution in [1.29, 1.82) is 0 Å². The Hall–Kier alpha value is -1.60. The molecule has 1 nitrogen and oxygen atoms in total. The Bertz CT molecular complexity index is 602. The fraction of sp³-hybridized carbons (Fsp3) is 0.400. The summed E-state index contributed by atoms with van der Waals surface area (Å²) in [6.45, 7) is 2.21. The van der Waals surface area contributed by atoms with Crippen LogP contribution in [0, 0.1) is 6.92 Å². The molecule has 2 aromatic rings. The highest BCUT2D eigenvalue weighted by Gasteiger charge is 2.27. The molecule has 1 heteroatoms. The van der Waals surface area contributed by atoms with Crippen LogP contribution in [0.5, 0.6) is 0 Å². The lowest BCUT2D eigenvalue weighted by Crippen LogP contribution is -2.31. The molecule has 0 spiro atoms. The number of rotatable bonds is 6. The quantitative estimate of drug-likeness (QED) is 0.833. The predicted molar refractivity (Wildman–Crippen MR) is 89.9 cm³/mol. The van der Waals surface area contributed by atoms with Crippen LogP contribution in [0.4, 0.5) is 0 Å². The van der Waals surface area contributed by atoms with Crippen molar-refractivity contribution in [2.24, 2.45) is 0 Å². The Balaban J connectivity index is 1.56. The minimum absolute atomic E-state index is 0.614. The standard InChI is InChI=1S/C20H25N/c1-15-7-3-4-8-16(15)11-12-19(21-2)14-18-13-17-9-5-6-10-20(17)18/h3-10,18-19,21H,11-14H2,1-2H3. The van der Waals surface area contributed by atoms with Gasteiger partial charge in [-0.1, -0.05) is 48.5 Å². The lowest BCUT2D eigenvalue weighted by molar-refractivity contribution is 0.420. The molecule has 0 saturated carbocycles. The van der Waals surface area contributed by atoms with Crippen molar-refractivity contribution >= 4 is 0 Å². The SMILES string of the molecule is CNC(CCc1ccccc1C)CC1Cc2ccccc21. The van der Waals surface area contributed by atoms with Crippen LogP contribution in [0.3, 0.4) is 0 Å². The number of nitrogens with one attached hydrogen (secondary N) is 1. The zero-order valence-corrected chi connectivity index (χ0v) is 13.1. The van der Waals surface area contributed by atoms with Crippen molar-refractivity contribution in [3.8, 4) is 0 Å². The van der Waals surface area contributed by atoms with E-state index in [1.54, 1.807) is 11.1 Å². The molecule has 0 aliphatic heterocycles. The van der Waals surface area contributed by atoms with Crippen LogP contribution in [0.2, 0.25) is 0 Å². The lowest BCUT2D eigenvalue weighted by atomic mass is 9.74. The molecule has 0 fully saturated rings. The van der Waals surface area contributed by atoms with Gasteiger partial charge < -0.3 is 5.32 Å². The van der Waals surface area contributed by atoms with Crippen LogP contribution in [-0.4, -0.2) is 13.1 Å².